The lowest BCUT2D eigenvalue weighted by Crippen LogP contribution is -1.82. The predicted octanol–water partition coefficient (Wildman–Crippen LogP) is 16.8. The third-order valence-corrected chi connectivity index (χ3v) is 15.4. The summed E-state index contributed by atoms with van der Waals surface area (Å²) in [6.45, 7) is 4.59. The summed E-state index contributed by atoms with van der Waals surface area (Å²) < 4.78 is 2.77. The highest BCUT2D eigenvalue weighted by atomic mass is 32.1. The fourth-order valence-electron chi connectivity index (χ4n) is 7.77. The second kappa shape index (κ2) is 15.7. The summed E-state index contributed by atoms with van der Waals surface area (Å²) in [4.78, 5) is 8.71. The molecule has 0 atom stereocenters. The van der Waals surface area contributed by atoms with Crippen LogP contribution in [-0.2, 0) is 12.8 Å². The van der Waals surface area contributed by atoms with Gasteiger partial charge in [-0.1, -0.05) is 114 Å². The molecular formula is C46H48S4. The zero-order valence-corrected chi connectivity index (χ0v) is 32.9. The van der Waals surface area contributed by atoms with Gasteiger partial charge < -0.3 is 0 Å². The molecule has 4 aromatic heterocycles. The highest BCUT2D eigenvalue weighted by Crippen LogP contribution is 2.44. The Morgan fingerprint density at radius 1 is 0.320 bits per heavy atom. The molecule has 0 nitrogen and oxygen atoms in total. The van der Waals surface area contributed by atoms with E-state index in [1.807, 2.05) is 45.3 Å². The Morgan fingerprint density at radius 3 is 1.10 bits per heavy atom. The Bertz CT molecular complexity index is 2210. The van der Waals surface area contributed by atoms with Crippen LogP contribution in [0.4, 0.5) is 0 Å². The van der Waals surface area contributed by atoms with Crippen LogP contribution in [0.15, 0.2) is 84.9 Å². The van der Waals surface area contributed by atoms with Crippen molar-refractivity contribution in [2.75, 3.05) is 0 Å². The van der Waals surface area contributed by atoms with Crippen molar-refractivity contribution < 1.29 is 0 Å². The molecule has 0 unspecified atom stereocenters. The van der Waals surface area contributed by atoms with Gasteiger partial charge >= 0.3 is 0 Å². The Morgan fingerprint density at radius 2 is 0.680 bits per heavy atom. The maximum Gasteiger partial charge on any atom is 0.0455 e. The highest BCUT2D eigenvalue weighted by Gasteiger charge is 2.15. The normalized spacial score (nSPS) is 12.1. The summed E-state index contributed by atoms with van der Waals surface area (Å²) in [7, 11) is 0. The lowest BCUT2D eigenvalue weighted by Gasteiger charge is -2.09. The van der Waals surface area contributed by atoms with Crippen molar-refractivity contribution in [1.82, 2.24) is 0 Å². The molecule has 256 valence electrons. The summed E-state index contributed by atoms with van der Waals surface area (Å²) in [5.41, 5.74) is 0. The average Bonchev–Trinajstić information content (AvgIpc) is 3.96. The Kier molecular flexibility index (Phi) is 10.7. The van der Waals surface area contributed by atoms with Crippen molar-refractivity contribution in [1.29, 1.82) is 0 Å². The summed E-state index contributed by atoms with van der Waals surface area (Å²) >= 11 is 7.89. The van der Waals surface area contributed by atoms with Gasteiger partial charge in [0.1, 0.15) is 0 Å². The van der Waals surface area contributed by atoms with Crippen LogP contribution in [0.2, 0.25) is 0 Å². The molecule has 0 fully saturated rings. The van der Waals surface area contributed by atoms with Crippen LogP contribution >= 0.6 is 45.3 Å². The molecule has 50 heavy (non-hydrogen) atoms. The minimum atomic E-state index is 1.22. The molecule has 8 rings (SSSR count). The molecule has 0 amide bonds. The first kappa shape index (κ1) is 34.1. The molecule has 0 saturated carbocycles. The molecule has 4 heterocycles. The third kappa shape index (κ3) is 7.06. The topological polar surface area (TPSA) is 0 Å². The van der Waals surface area contributed by atoms with Crippen LogP contribution in [0.5, 0.6) is 0 Å². The van der Waals surface area contributed by atoms with E-state index in [0.29, 0.717) is 0 Å². The number of benzene rings is 4. The number of unbranched alkanes of at least 4 members (excludes halogenated alkanes) is 10. The lowest BCUT2D eigenvalue weighted by molar-refractivity contribution is 0.609. The van der Waals surface area contributed by atoms with Crippen LogP contribution in [0, 0.1) is 0 Å². The number of rotatable bonds is 16. The van der Waals surface area contributed by atoms with E-state index in [0.717, 1.165) is 0 Å². The van der Waals surface area contributed by atoms with Crippen LogP contribution < -0.4 is 0 Å². The Balaban J connectivity index is 1.04. The zero-order chi connectivity index (χ0) is 33.9. The lowest BCUT2D eigenvalue weighted by atomic mass is 9.95. The molecule has 0 saturated heterocycles. The first-order valence-corrected chi connectivity index (χ1v) is 22.4. The van der Waals surface area contributed by atoms with E-state index in [1.54, 1.807) is 0 Å². The van der Waals surface area contributed by atoms with Gasteiger partial charge in [-0.25, -0.2) is 0 Å². The van der Waals surface area contributed by atoms with E-state index in [9.17, 15) is 0 Å². The minimum absolute atomic E-state index is 1.22. The van der Waals surface area contributed by atoms with Crippen molar-refractivity contribution in [2.45, 2.75) is 104 Å². The average molecular weight is 729 g/mol. The number of thiophene rings is 4. The fraction of sp³-hybridized carbons (Fsp3) is 0.348. The van der Waals surface area contributed by atoms with Gasteiger partial charge in [0.15, 0.2) is 0 Å². The second-order valence-electron chi connectivity index (χ2n) is 14.2. The standard InChI is InChI=1S/C46H48S4/c1-3-5-7-9-11-13-15-31-17-25-43(47-31)45-29-39-37-21-19-34-33(35(37)23-27-41(39)49-45)20-22-38-36(34)24-28-42-40(38)30-46(50-42)44-26-18-32(48-44)16-14-12-10-8-6-4-2/h17-30H,3-16H2,1-2H3. The molecule has 0 N–H and O–H groups in total. The van der Waals surface area contributed by atoms with E-state index in [2.05, 4.69) is 98.8 Å². The maximum atomic E-state index is 2.45. The molecule has 8 aromatic rings. The molecule has 0 spiro atoms. The molecule has 0 aliphatic heterocycles. The number of fused-ring (bicyclic) bond motifs is 9. The first-order valence-electron chi connectivity index (χ1n) is 19.1. The number of hydrogen-bond acceptors (Lipinski definition) is 4. The van der Waals surface area contributed by atoms with Gasteiger partial charge in [-0.05, 0) is 107 Å². The molecule has 4 aromatic carbocycles. The van der Waals surface area contributed by atoms with Crippen molar-refractivity contribution in [2.24, 2.45) is 0 Å². The number of hydrogen-bond donors (Lipinski definition) is 0. The van der Waals surface area contributed by atoms with Gasteiger partial charge in [0, 0.05) is 49.4 Å². The predicted molar refractivity (Wildman–Crippen MR) is 231 cm³/mol. The van der Waals surface area contributed by atoms with Crippen molar-refractivity contribution in [3.8, 4) is 19.5 Å². The molecule has 0 radical (unpaired) electrons. The maximum absolute atomic E-state index is 2.45. The van der Waals surface area contributed by atoms with Crippen LogP contribution in [0.1, 0.15) is 101 Å². The van der Waals surface area contributed by atoms with E-state index >= 15 is 0 Å². The van der Waals surface area contributed by atoms with Crippen LogP contribution in [-0.4, -0.2) is 0 Å². The molecule has 4 heteroatoms. The van der Waals surface area contributed by atoms with Gasteiger partial charge in [-0.2, -0.15) is 0 Å². The fourth-order valence-corrected chi connectivity index (χ4v) is 12.2. The Hall–Kier alpha value is -3.02. The molecule has 0 aliphatic carbocycles. The van der Waals surface area contributed by atoms with Gasteiger partial charge in [-0.15, -0.1) is 45.3 Å². The van der Waals surface area contributed by atoms with Crippen molar-refractivity contribution in [3.63, 3.8) is 0 Å². The smallest absolute Gasteiger partial charge is 0.0455 e. The molecule has 0 aliphatic rings. The molecular weight excluding hydrogens is 681 g/mol. The van der Waals surface area contributed by atoms with Gasteiger partial charge in [0.25, 0.3) is 0 Å². The largest absolute Gasteiger partial charge is 0.139 e. The second-order valence-corrected chi connectivity index (χ2v) is 18.7. The minimum Gasteiger partial charge on any atom is -0.139 e. The number of aryl methyl sites for hydroxylation is 2. The van der Waals surface area contributed by atoms with Gasteiger partial charge in [-0.3, -0.25) is 0 Å². The third-order valence-electron chi connectivity index (χ3n) is 10.6. The quantitative estimate of drug-likeness (QED) is 0.0686. The van der Waals surface area contributed by atoms with Crippen molar-refractivity contribution >= 4 is 97.8 Å². The van der Waals surface area contributed by atoms with E-state index in [1.165, 1.54) is 172 Å². The van der Waals surface area contributed by atoms with E-state index in [-0.39, 0.29) is 0 Å². The van der Waals surface area contributed by atoms with Gasteiger partial charge in [0.05, 0.1) is 0 Å². The van der Waals surface area contributed by atoms with Crippen LogP contribution in [0.25, 0.3) is 72.0 Å². The van der Waals surface area contributed by atoms with Gasteiger partial charge in [0.2, 0.25) is 0 Å². The Labute approximate surface area is 313 Å². The summed E-state index contributed by atoms with van der Waals surface area (Å²) in [6, 6.07) is 33.3. The summed E-state index contributed by atoms with van der Waals surface area (Å²) in [5, 5.41) is 10.9. The van der Waals surface area contributed by atoms with Crippen LogP contribution in [0.3, 0.4) is 0 Å². The first-order chi connectivity index (χ1) is 24.7. The zero-order valence-electron chi connectivity index (χ0n) is 29.6. The highest BCUT2D eigenvalue weighted by molar-refractivity contribution is 7.26. The monoisotopic (exact) mass is 728 g/mol. The van der Waals surface area contributed by atoms with Crippen molar-refractivity contribution in [3.05, 3.63) is 94.7 Å². The molecule has 0 bridgehead atoms. The van der Waals surface area contributed by atoms with E-state index in [4.69, 9.17) is 0 Å². The van der Waals surface area contributed by atoms with E-state index < -0.39 is 0 Å². The summed E-state index contributed by atoms with van der Waals surface area (Å²) in [5.74, 6) is 0. The SMILES string of the molecule is CCCCCCCCc1ccc(-c2cc3c(ccc4c3ccc3c5ccc6sc(-c7ccc(CCCCCCCC)s7)cc6c5ccc43)s2)s1. The summed E-state index contributed by atoms with van der Waals surface area (Å²) in [6.07, 6.45) is 18.7.